The van der Waals surface area contributed by atoms with Gasteiger partial charge in [-0.2, -0.15) is 57.1 Å². The highest BCUT2D eigenvalue weighted by molar-refractivity contribution is 5.24. The second-order valence-electron chi connectivity index (χ2n) is 6.13. The van der Waals surface area contributed by atoms with E-state index in [0.717, 1.165) is 18.2 Å². The molecular weight excluding hydrogens is 443 g/mol. The molecule has 0 fully saturated rings. The molecule has 1 N–H and O–H groups in total. The Hall–Kier alpha value is -1.73. The lowest BCUT2D eigenvalue weighted by molar-refractivity contribution is -0.440. The van der Waals surface area contributed by atoms with Crippen LogP contribution in [-0.4, -0.2) is 40.9 Å². The van der Waals surface area contributed by atoms with Gasteiger partial charge >= 0.3 is 35.8 Å². The van der Waals surface area contributed by atoms with Crippen LogP contribution >= 0.6 is 0 Å². The van der Waals surface area contributed by atoms with Gasteiger partial charge in [0.25, 0.3) is 0 Å². The number of aryl methyl sites for hydroxylation is 1. The van der Waals surface area contributed by atoms with Crippen molar-refractivity contribution in [1.82, 2.24) is 0 Å². The zero-order valence-electron chi connectivity index (χ0n) is 14.0. The van der Waals surface area contributed by atoms with Gasteiger partial charge in [0.15, 0.2) is 0 Å². The van der Waals surface area contributed by atoms with Crippen molar-refractivity contribution in [2.24, 2.45) is 0 Å². The van der Waals surface area contributed by atoms with Crippen LogP contribution in [0, 0.1) is 6.92 Å². The number of aliphatic hydroxyl groups is 1. The van der Waals surface area contributed by atoms with Crippen molar-refractivity contribution in [3.8, 4) is 0 Å². The smallest absolute Gasteiger partial charge is 0.388 e. The number of aliphatic hydroxyl groups excluding tert-OH is 1. The number of hydrogen-bond acceptors (Lipinski definition) is 1. The molecule has 1 rings (SSSR count). The Labute approximate surface area is 154 Å². The van der Waals surface area contributed by atoms with Crippen molar-refractivity contribution in [3.63, 3.8) is 0 Å². The molecule has 29 heavy (non-hydrogen) atoms. The van der Waals surface area contributed by atoms with Gasteiger partial charge in [-0.3, -0.25) is 0 Å². The van der Waals surface area contributed by atoms with E-state index < -0.39 is 53.9 Å². The number of alkyl halides is 13. The molecule has 0 bridgehead atoms. The maximum Gasteiger partial charge on any atom is 0.460 e. The number of halogens is 13. The van der Waals surface area contributed by atoms with Crippen LogP contribution in [0.15, 0.2) is 24.3 Å². The van der Waals surface area contributed by atoms with Crippen LogP contribution < -0.4 is 0 Å². The van der Waals surface area contributed by atoms with Gasteiger partial charge in [-0.15, -0.1) is 0 Å². The summed E-state index contributed by atoms with van der Waals surface area (Å²) in [5.41, 5.74) is -0.269. The summed E-state index contributed by atoms with van der Waals surface area (Å²) >= 11 is 0. The largest absolute Gasteiger partial charge is 0.460 e. The van der Waals surface area contributed by atoms with Crippen molar-refractivity contribution in [2.75, 3.05) is 0 Å². The molecule has 0 saturated heterocycles. The van der Waals surface area contributed by atoms with Crippen molar-refractivity contribution in [1.29, 1.82) is 0 Å². The van der Waals surface area contributed by atoms with Crippen LogP contribution in [0.4, 0.5) is 57.1 Å². The molecule has 1 aromatic carbocycles. The molecule has 1 nitrogen and oxygen atoms in total. The summed E-state index contributed by atoms with van der Waals surface area (Å²) in [7, 11) is 0. The van der Waals surface area contributed by atoms with E-state index in [1.54, 1.807) is 0 Å². The fourth-order valence-corrected chi connectivity index (χ4v) is 2.17. The standard InChI is InChI=1S/C15H11F13O/c1-7-3-2-4-8(5-7)9(29)6-10(16,17)11(18,19)12(20,21)13(22,23)14(24,25)15(26,27)28/h2-5,9,29H,6H2,1H3. The Balaban J connectivity index is 3.35. The summed E-state index contributed by atoms with van der Waals surface area (Å²) in [5, 5.41) is 9.53. The first-order valence-electron chi connectivity index (χ1n) is 7.34. The fraction of sp³-hybridized carbons (Fsp3) is 0.600. The Morgan fingerprint density at radius 2 is 1.17 bits per heavy atom. The van der Waals surface area contributed by atoms with Crippen molar-refractivity contribution < 1.29 is 62.2 Å². The first-order valence-corrected chi connectivity index (χ1v) is 7.34. The normalized spacial score (nSPS) is 16.1. The summed E-state index contributed by atoms with van der Waals surface area (Å²) in [6.07, 6.45) is -12.8. The monoisotopic (exact) mass is 454 g/mol. The third-order valence-electron chi connectivity index (χ3n) is 3.88. The van der Waals surface area contributed by atoms with E-state index in [1.165, 1.54) is 13.0 Å². The molecular formula is C15H11F13O. The number of rotatable bonds is 7. The molecule has 0 aliphatic carbocycles. The minimum Gasteiger partial charge on any atom is -0.388 e. The maximum absolute atomic E-state index is 13.7. The van der Waals surface area contributed by atoms with Crippen LogP contribution in [0.5, 0.6) is 0 Å². The molecule has 1 atom stereocenters. The number of benzene rings is 1. The van der Waals surface area contributed by atoms with Gasteiger partial charge in [-0.25, -0.2) is 0 Å². The molecule has 14 heteroatoms. The van der Waals surface area contributed by atoms with E-state index in [9.17, 15) is 62.2 Å². The van der Waals surface area contributed by atoms with Crippen LogP contribution in [0.2, 0.25) is 0 Å². The molecule has 0 spiro atoms. The molecule has 1 aromatic rings. The molecule has 0 aliphatic heterocycles. The molecule has 0 radical (unpaired) electrons. The van der Waals surface area contributed by atoms with E-state index in [0.29, 0.717) is 0 Å². The summed E-state index contributed by atoms with van der Waals surface area (Å²) < 4.78 is 169. The van der Waals surface area contributed by atoms with Gasteiger partial charge in [0, 0.05) is 6.42 Å². The second-order valence-corrected chi connectivity index (χ2v) is 6.13. The van der Waals surface area contributed by atoms with Gasteiger partial charge in [-0.05, 0) is 12.5 Å². The highest BCUT2D eigenvalue weighted by Crippen LogP contribution is 2.61. The predicted octanol–water partition coefficient (Wildman–Crippen LogP) is 6.16. The van der Waals surface area contributed by atoms with E-state index in [1.807, 2.05) is 0 Å². The molecule has 0 heterocycles. The average Bonchev–Trinajstić information content (AvgIpc) is 2.52. The topological polar surface area (TPSA) is 20.2 Å². The lowest BCUT2D eigenvalue weighted by atomic mass is 9.90. The third-order valence-corrected chi connectivity index (χ3v) is 3.88. The third kappa shape index (κ3) is 3.99. The summed E-state index contributed by atoms with van der Waals surface area (Å²) in [6, 6.07) is 4.27. The van der Waals surface area contributed by atoms with Crippen LogP contribution in [0.1, 0.15) is 23.7 Å². The molecule has 1 unspecified atom stereocenters. The molecule has 168 valence electrons. The molecule has 0 aliphatic rings. The lowest BCUT2D eigenvalue weighted by Crippen LogP contribution is -2.70. The fourth-order valence-electron chi connectivity index (χ4n) is 2.17. The summed E-state index contributed by atoms with van der Waals surface area (Å²) in [5.74, 6) is -37.3. The highest BCUT2D eigenvalue weighted by Gasteiger charge is 2.90. The van der Waals surface area contributed by atoms with Gasteiger partial charge in [0.05, 0.1) is 6.10 Å². The van der Waals surface area contributed by atoms with Crippen LogP contribution in [0.25, 0.3) is 0 Å². The minimum absolute atomic E-state index is 0.276. The lowest BCUT2D eigenvalue weighted by Gasteiger charge is -2.40. The number of hydrogen-bond donors (Lipinski definition) is 1. The zero-order valence-corrected chi connectivity index (χ0v) is 14.0. The summed E-state index contributed by atoms with van der Waals surface area (Å²) in [4.78, 5) is 0. The molecule has 0 saturated carbocycles. The Morgan fingerprint density at radius 3 is 1.59 bits per heavy atom. The van der Waals surface area contributed by atoms with Crippen molar-refractivity contribution in [2.45, 2.75) is 55.2 Å². The summed E-state index contributed by atoms with van der Waals surface area (Å²) in [6.45, 7) is 1.34. The van der Waals surface area contributed by atoms with Crippen molar-refractivity contribution >= 4 is 0 Å². The predicted molar refractivity (Wildman–Crippen MR) is 71.5 cm³/mol. The molecule has 0 aromatic heterocycles. The van der Waals surface area contributed by atoms with Crippen LogP contribution in [0.3, 0.4) is 0 Å². The van der Waals surface area contributed by atoms with Gasteiger partial charge < -0.3 is 5.11 Å². The highest BCUT2D eigenvalue weighted by atomic mass is 19.4. The Morgan fingerprint density at radius 1 is 0.724 bits per heavy atom. The van der Waals surface area contributed by atoms with E-state index in [4.69, 9.17) is 0 Å². The van der Waals surface area contributed by atoms with Crippen molar-refractivity contribution in [3.05, 3.63) is 35.4 Å². The molecule has 0 amide bonds. The second kappa shape index (κ2) is 7.20. The van der Waals surface area contributed by atoms with E-state index in [2.05, 4.69) is 0 Å². The minimum atomic E-state index is -7.94. The van der Waals surface area contributed by atoms with E-state index in [-0.39, 0.29) is 5.56 Å². The quantitative estimate of drug-likeness (QED) is 0.490. The van der Waals surface area contributed by atoms with Gasteiger partial charge in [-0.1, -0.05) is 29.8 Å². The Bertz CT molecular complexity index is 723. The van der Waals surface area contributed by atoms with Gasteiger partial charge in [0.1, 0.15) is 0 Å². The van der Waals surface area contributed by atoms with Crippen LogP contribution in [-0.2, 0) is 0 Å². The zero-order chi connectivity index (χ0) is 23.3. The average molecular weight is 454 g/mol. The van der Waals surface area contributed by atoms with Gasteiger partial charge in [0.2, 0.25) is 0 Å². The van der Waals surface area contributed by atoms with E-state index >= 15 is 0 Å². The first kappa shape index (κ1) is 25.3. The Kier molecular flexibility index (Phi) is 6.28. The first-order chi connectivity index (χ1) is 12.6. The SMILES string of the molecule is Cc1cccc(C(O)CC(F)(F)C(F)(F)C(F)(F)C(F)(F)C(F)(F)C(F)(F)F)c1. The maximum atomic E-state index is 13.7.